The second kappa shape index (κ2) is 8.25. The monoisotopic (exact) mass is 384 g/mol. The van der Waals surface area contributed by atoms with E-state index < -0.39 is 0 Å². The Labute approximate surface area is 161 Å². The fraction of sp³-hybridized carbons (Fsp3) is 0.100. The van der Waals surface area contributed by atoms with E-state index in [0.29, 0.717) is 21.7 Å². The minimum absolute atomic E-state index is 0.175. The van der Waals surface area contributed by atoms with Gasteiger partial charge in [-0.05, 0) is 60.2 Å². The second-order valence-corrected chi connectivity index (χ2v) is 6.98. The first kappa shape index (κ1) is 18.3. The van der Waals surface area contributed by atoms with Crippen molar-refractivity contribution in [2.45, 2.75) is 6.92 Å². The number of ether oxygens (including phenoxy) is 1. The Morgan fingerprint density at radius 2 is 2.12 bits per heavy atom. The van der Waals surface area contributed by atoms with E-state index in [9.17, 15) is 4.79 Å². The van der Waals surface area contributed by atoms with E-state index in [-0.39, 0.29) is 5.91 Å². The molecule has 132 valence electrons. The zero-order valence-corrected chi connectivity index (χ0v) is 15.7. The van der Waals surface area contributed by atoms with E-state index in [1.54, 1.807) is 6.08 Å². The van der Waals surface area contributed by atoms with Crippen LogP contribution in [0.15, 0.2) is 65.0 Å². The van der Waals surface area contributed by atoms with E-state index in [4.69, 9.17) is 16.3 Å². The fourth-order valence-electron chi connectivity index (χ4n) is 2.31. The van der Waals surface area contributed by atoms with Crippen molar-refractivity contribution in [3.63, 3.8) is 0 Å². The normalized spacial score (nSPS) is 16.8. The van der Waals surface area contributed by atoms with Crippen molar-refractivity contribution in [1.29, 1.82) is 0 Å². The Morgan fingerprint density at radius 3 is 2.92 bits per heavy atom. The van der Waals surface area contributed by atoms with Gasteiger partial charge in [0.2, 0.25) is 0 Å². The van der Waals surface area contributed by atoms with Crippen molar-refractivity contribution in [1.82, 2.24) is 5.32 Å². The van der Waals surface area contributed by atoms with Crippen LogP contribution in [0.1, 0.15) is 11.1 Å². The number of benzene rings is 2. The Bertz CT molecular complexity index is 922. The molecule has 0 saturated carbocycles. The molecule has 0 spiro atoms. The summed E-state index contributed by atoms with van der Waals surface area (Å²) in [7, 11) is 0. The van der Waals surface area contributed by atoms with Crippen LogP contribution in [0.2, 0.25) is 5.02 Å². The fourth-order valence-corrected chi connectivity index (χ4v) is 3.31. The molecular formula is C20H17ClN2O2S. The lowest BCUT2D eigenvalue weighted by molar-refractivity contribution is -0.115. The topological polar surface area (TPSA) is 50.7 Å². The van der Waals surface area contributed by atoms with Gasteiger partial charge in [0.15, 0.2) is 5.17 Å². The van der Waals surface area contributed by atoms with Crippen molar-refractivity contribution >= 4 is 46.2 Å². The zero-order chi connectivity index (χ0) is 18.5. The number of amides is 1. The zero-order valence-electron chi connectivity index (χ0n) is 14.2. The van der Waals surface area contributed by atoms with E-state index in [1.807, 2.05) is 55.5 Å². The maximum Gasteiger partial charge on any atom is 0.264 e. The van der Waals surface area contributed by atoms with Gasteiger partial charge in [-0.25, -0.2) is 4.99 Å². The lowest BCUT2D eigenvalue weighted by atomic mass is 10.2. The molecule has 0 unspecified atom stereocenters. The smallest absolute Gasteiger partial charge is 0.264 e. The average Bonchev–Trinajstić information content (AvgIpc) is 2.96. The molecule has 0 aliphatic carbocycles. The number of amidine groups is 1. The van der Waals surface area contributed by atoms with E-state index in [1.165, 1.54) is 11.8 Å². The number of nitrogens with one attached hydrogen (secondary N) is 1. The van der Waals surface area contributed by atoms with Gasteiger partial charge in [-0.15, -0.1) is 0 Å². The van der Waals surface area contributed by atoms with Crippen LogP contribution in [-0.2, 0) is 4.79 Å². The number of rotatable bonds is 5. The molecule has 4 nitrogen and oxygen atoms in total. The van der Waals surface area contributed by atoms with Crippen LogP contribution < -0.4 is 10.1 Å². The third kappa shape index (κ3) is 4.36. The summed E-state index contributed by atoms with van der Waals surface area (Å²) in [5.41, 5.74) is 2.49. The summed E-state index contributed by atoms with van der Waals surface area (Å²) in [4.78, 5) is 17.3. The van der Waals surface area contributed by atoms with Crippen LogP contribution in [0.4, 0.5) is 5.69 Å². The summed E-state index contributed by atoms with van der Waals surface area (Å²) in [6, 6.07) is 13.0. The van der Waals surface area contributed by atoms with Crippen LogP contribution in [0.25, 0.3) is 6.08 Å². The quantitative estimate of drug-likeness (QED) is 0.576. The first-order valence-corrected chi connectivity index (χ1v) is 9.15. The Balaban J connectivity index is 1.81. The standard InChI is InChI=1S/C20H17ClN2O2S/c1-3-10-25-15-7-4-6-14(11-15)12-18-19(24)23-20(26-18)22-17-9-5-8-16(21)13(17)2/h3-9,11-12H,1,10H2,2H3,(H,22,23,24)/b18-12-. The van der Waals surface area contributed by atoms with Crippen LogP contribution in [0.3, 0.4) is 0 Å². The highest BCUT2D eigenvalue weighted by molar-refractivity contribution is 8.18. The number of carbonyl (C=O) groups is 1. The second-order valence-electron chi connectivity index (χ2n) is 5.54. The third-order valence-corrected chi connectivity index (χ3v) is 4.96. The third-order valence-electron chi connectivity index (χ3n) is 3.64. The van der Waals surface area contributed by atoms with Crippen molar-refractivity contribution in [3.05, 3.63) is 76.2 Å². The highest BCUT2D eigenvalue weighted by Gasteiger charge is 2.24. The first-order chi connectivity index (χ1) is 12.6. The van der Waals surface area contributed by atoms with Crippen molar-refractivity contribution in [2.24, 2.45) is 4.99 Å². The Morgan fingerprint density at radius 1 is 1.31 bits per heavy atom. The molecule has 1 aliphatic rings. The van der Waals surface area contributed by atoms with Crippen molar-refractivity contribution < 1.29 is 9.53 Å². The number of thioether (sulfide) groups is 1. The molecule has 3 rings (SSSR count). The summed E-state index contributed by atoms with van der Waals surface area (Å²) in [5.74, 6) is 0.553. The number of halogens is 1. The largest absolute Gasteiger partial charge is 0.490 e. The molecule has 1 fully saturated rings. The predicted molar refractivity (Wildman–Crippen MR) is 109 cm³/mol. The van der Waals surface area contributed by atoms with Crippen LogP contribution in [-0.4, -0.2) is 17.7 Å². The van der Waals surface area contributed by atoms with E-state index >= 15 is 0 Å². The molecule has 1 aliphatic heterocycles. The molecule has 0 aromatic heterocycles. The number of hydrogen-bond acceptors (Lipinski definition) is 4. The van der Waals surface area contributed by atoms with Crippen molar-refractivity contribution in [2.75, 3.05) is 6.61 Å². The van der Waals surface area contributed by atoms with E-state index in [0.717, 1.165) is 22.6 Å². The van der Waals surface area contributed by atoms with E-state index in [2.05, 4.69) is 16.9 Å². The maximum absolute atomic E-state index is 12.2. The number of nitrogens with zero attached hydrogens (tertiary/aromatic N) is 1. The molecule has 1 amide bonds. The van der Waals surface area contributed by atoms with Gasteiger partial charge in [0.25, 0.3) is 5.91 Å². The average molecular weight is 385 g/mol. The first-order valence-electron chi connectivity index (χ1n) is 7.95. The van der Waals surface area contributed by atoms with Crippen LogP contribution >= 0.6 is 23.4 Å². The molecule has 0 atom stereocenters. The molecule has 0 bridgehead atoms. The van der Waals surface area contributed by atoms with Gasteiger partial charge in [0.1, 0.15) is 12.4 Å². The number of carbonyl (C=O) groups excluding carboxylic acids is 1. The predicted octanol–water partition coefficient (Wildman–Crippen LogP) is 5.10. The molecule has 0 radical (unpaired) electrons. The molecule has 1 heterocycles. The number of aliphatic imine (C=N–C) groups is 1. The van der Waals surface area contributed by atoms with Gasteiger partial charge in [0.05, 0.1) is 10.6 Å². The Hall–Kier alpha value is -2.50. The van der Waals surface area contributed by atoms with Gasteiger partial charge >= 0.3 is 0 Å². The molecule has 6 heteroatoms. The molecule has 26 heavy (non-hydrogen) atoms. The summed E-state index contributed by atoms with van der Waals surface area (Å²) in [6.07, 6.45) is 3.50. The van der Waals surface area contributed by atoms with Gasteiger partial charge in [0, 0.05) is 5.02 Å². The molecule has 2 aromatic carbocycles. The van der Waals surface area contributed by atoms with Gasteiger partial charge in [-0.1, -0.05) is 42.5 Å². The highest BCUT2D eigenvalue weighted by atomic mass is 35.5. The lowest BCUT2D eigenvalue weighted by Gasteiger charge is -2.03. The SMILES string of the molecule is C=CCOc1cccc(/C=C2\SC(=Nc3cccc(Cl)c3C)NC2=O)c1. The molecular weight excluding hydrogens is 368 g/mol. The lowest BCUT2D eigenvalue weighted by Crippen LogP contribution is -2.19. The van der Waals surface area contributed by atoms with Crippen molar-refractivity contribution in [3.8, 4) is 5.75 Å². The van der Waals surface area contributed by atoms with Gasteiger partial charge < -0.3 is 10.1 Å². The van der Waals surface area contributed by atoms with Crippen LogP contribution in [0.5, 0.6) is 5.75 Å². The summed E-state index contributed by atoms with van der Waals surface area (Å²) >= 11 is 7.42. The molecule has 2 aromatic rings. The van der Waals surface area contributed by atoms with Gasteiger partial charge in [-0.2, -0.15) is 0 Å². The minimum atomic E-state index is -0.175. The highest BCUT2D eigenvalue weighted by Crippen LogP contribution is 2.31. The summed E-state index contributed by atoms with van der Waals surface area (Å²) in [5, 5.41) is 3.97. The minimum Gasteiger partial charge on any atom is -0.490 e. The number of hydrogen-bond donors (Lipinski definition) is 1. The summed E-state index contributed by atoms with van der Waals surface area (Å²) < 4.78 is 5.52. The molecule has 1 N–H and O–H groups in total. The molecule has 1 saturated heterocycles. The summed E-state index contributed by atoms with van der Waals surface area (Å²) in [6.45, 7) is 5.96. The Kier molecular flexibility index (Phi) is 5.81. The van der Waals surface area contributed by atoms with Crippen LogP contribution in [0, 0.1) is 6.92 Å². The van der Waals surface area contributed by atoms with Gasteiger partial charge in [-0.3, -0.25) is 4.79 Å². The maximum atomic E-state index is 12.2.